The van der Waals surface area contributed by atoms with Gasteiger partial charge >= 0.3 is 0 Å². The molecule has 5 nitrogen and oxygen atoms in total. The fraction of sp³-hybridized carbons (Fsp3) is 0.286. The van der Waals surface area contributed by atoms with Crippen molar-refractivity contribution in [1.29, 1.82) is 0 Å². The lowest BCUT2D eigenvalue weighted by molar-refractivity contribution is 0.182. The van der Waals surface area contributed by atoms with Crippen LogP contribution in [-0.4, -0.2) is 27.2 Å². The number of hydrogen-bond acceptors (Lipinski definition) is 5. The number of thiophene rings is 1. The van der Waals surface area contributed by atoms with Crippen molar-refractivity contribution in [2.24, 2.45) is 0 Å². The summed E-state index contributed by atoms with van der Waals surface area (Å²) in [5, 5.41) is 13.6. The first kappa shape index (κ1) is 16.0. The number of aliphatic hydroxyl groups excluding tert-OH is 1. The minimum Gasteiger partial charge on any atom is -0.497 e. The van der Waals surface area contributed by atoms with Gasteiger partial charge in [-0.05, 0) is 53.1 Å². The second kappa shape index (κ2) is 6.57. The van der Waals surface area contributed by atoms with Crippen LogP contribution in [0.4, 0.5) is 0 Å². The van der Waals surface area contributed by atoms with Gasteiger partial charge in [0.25, 0.3) is 0 Å². The van der Waals surface area contributed by atoms with Crippen molar-refractivity contribution < 1.29 is 18.3 Å². The Morgan fingerprint density at radius 1 is 1.38 bits per heavy atom. The van der Waals surface area contributed by atoms with E-state index in [-0.39, 0.29) is 11.4 Å². The first-order valence-electron chi connectivity index (χ1n) is 6.28. The van der Waals surface area contributed by atoms with Gasteiger partial charge in [-0.3, -0.25) is 0 Å². The maximum Gasteiger partial charge on any atom is 0.240 e. The fourth-order valence-corrected chi connectivity index (χ4v) is 3.87. The number of aliphatic hydroxyl groups is 1. The molecule has 21 heavy (non-hydrogen) atoms. The van der Waals surface area contributed by atoms with Crippen molar-refractivity contribution in [3.05, 3.63) is 46.2 Å². The molecule has 0 aliphatic heterocycles. The smallest absolute Gasteiger partial charge is 0.240 e. The Balaban J connectivity index is 2.11. The zero-order valence-corrected chi connectivity index (χ0v) is 13.4. The zero-order chi connectivity index (χ0) is 15.5. The van der Waals surface area contributed by atoms with E-state index in [0.29, 0.717) is 16.9 Å². The van der Waals surface area contributed by atoms with Crippen LogP contribution in [0.2, 0.25) is 0 Å². The molecule has 0 radical (unpaired) electrons. The summed E-state index contributed by atoms with van der Waals surface area (Å²) in [5.41, 5.74) is 1.29. The van der Waals surface area contributed by atoms with Crippen LogP contribution in [0.3, 0.4) is 0 Å². The lowest BCUT2D eigenvalue weighted by atomic mass is 10.2. The van der Waals surface area contributed by atoms with Gasteiger partial charge in [-0.1, -0.05) is 0 Å². The van der Waals surface area contributed by atoms with E-state index in [1.807, 2.05) is 5.38 Å². The number of nitrogens with one attached hydrogen (secondary N) is 1. The topological polar surface area (TPSA) is 75.6 Å². The first-order valence-corrected chi connectivity index (χ1v) is 8.71. The molecule has 0 unspecified atom stereocenters. The molecular formula is C14H17NO4S2. The highest BCUT2D eigenvalue weighted by atomic mass is 32.2. The normalized spacial score (nSPS) is 13.1. The van der Waals surface area contributed by atoms with E-state index in [0.717, 1.165) is 0 Å². The number of rotatable bonds is 6. The molecule has 0 saturated heterocycles. The van der Waals surface area contributed by atoms with Gasteiger partial charge in [0.15, 0.2) is 0 Å². The summed E-state index contributed by atoms with van der Waals surface area (Å²) in [4.78, 5) is 0.181. The molecule has 1 atom stereocenters. The summed E-state index contributed by atoms with van der Waals surface area (Å²) in [6.07, 6.45) is -0.857. The van der Waals surface area contributed by atoms with Crippen molar-refractivity contribution in [1.82, 2.24) is 4.72 Å². The van der Waals surface area contributed by atoms with E-state index < -0.39 is 16.1 Å². The third kappa shape index (κ3) is 3.82. The molecule has 0 saturated carbocycles. The number of sulfonamides is 1. The Kier molecular flexibility index (Phi) is 5.00. The van der Waals surface area contributed by atoms with Gasteiger partial charge in [0, 0.05) is 6.54 Å². The van der Waals surface area contributed by atoms with Gasteiger partial charge in [-0.25, -0.2) is 13.1 Å². The Morgan fingerprint density at radius 2 is 2.14 bits per heavy atom. The maximum absolute atomic E-state index is 12.3. The molecule has 2 N–H and O–H groups in total. The van der Waals surface area contributed by atoms with Gasteiger partial charge in [-0.15, -0.1) is 0 Å². The van der Waals surface area contributed by atoms with E-state index in [2.05, 4.69) is 4.72 Å². The molecule has 0 aliphatic rings. The molecule has 0 bridgehead atoms. The minimum absolute atomic E-state index is 0.0649. The third-order valence-electron chi connectivity index (χ3n) is 3.07. The van der Waals surface area contributed by atoms with Crippen LogP contribution < -0.4 is 9.46 Å². The average molecular weight is 327 g/mol. The highest BCUT2D eigenvalue weighted by Gasteiger charge is 2.19. The first-order chi connectivity index (χ1) is 9.94. The summed E-state index contributed by atoms with van der Waals surface area (Å²) >= 11 is 1.45. The van der Waals surface area contributed by atoms with Crippen LogP contribution in [0, 0.1) is 6.92 Å². The van der Waals surface area contributed by atoms with Gasteiger partial charge < -0.3 is 9.84 Å². The number of ether oxygens (including phenoxy) is 1. The molecule has 0 fully saturated rings. The monoisotopic (exact) mass is 327 g/mol. The van der Waals surface area contributed by atoms with Crippen LogP contribution in [0.25, 0.3) is 0 Å². The third-order valence-corrected chi connectivity index (χ3v) is 5.35. The Hall–Kier alpha value is -1.41. The average Bonchev–Trinajstić information content (AvgIpc) is 2.98. The van der Waals surface area contributed by atoms with Crippen LogP contribution in [0.15, 0.2) is 39.9 Å². The summed E-state index contributed by atoms with van der Waals surface area (Å²) in [6, 6.07) is 6.51. The molecule has 1 heterocycles. The Bertz CT molecular complexity index is 696. The number of methoxy groups -OCH3 is 1. The summed E-state index contributed by atoms with van der Waals surface area (Å²) in [7, 11) is -2.14. The number of aryl methyl sites for hydroxylation is 1. The fourth-order valence-electron chi connectivity index (χ4n) is 1.90. The molecule has 2 aromatic rings. The maximum atomic E-state index is 12.3. The van der Waals surface area contributed by atoms with Gasteiger partial charge in [0.1, 0.15) is 5.75 Å². The molecule has 7 heteroatoms. The van der Waals surface area contributed by atoms with E-state index in [9.17, 15) is 13.5 Å². The Morgan fingerprint density at radius 3 is 2.71 bits per heavy atom. The molecule has 1 aromatic carbocycles. The Labute approximate surface area is 128 Å². The highest BCUT2D eigenvalue weighted by Crippen LogP contribution is 2.21. The van der Waals surface area contributed by atoms with E-state index in [4.69, 9.17) is 4.74 Å². The second-order valence-corrected chi connectivity index (χ2v) is 7.07. The van der Waals surface area contributed by atoms with E-state index in [1.54, 1.807) is 30.5 Å². The van der Waals surface area contributed by atoms with Crippen molar-refractivity contribution in [2.75, 3.05) is 13.7 Å². The van der Waals surface area contributed by atoms with Crippen molar-refractivity contribution in [2.45, 2.75) is 17.9 Å². The van der Waals surface area contributed by atoms with Gasteiger partial charge in [0.2, 0.25) is 10.0 Å². The minimum atomic E-state index is -3.66. The standard InChI is InChI=1S/C14H17NO4S2/c1-10-7-12(19-2)3-4-14(10)21(17,18)15-8-13(16)11-5-6-20-9-11/h3-7,9,13,15-16H,8H2,1-2H3/t13-/m1/s1. The highest BCUT2D eigenvalue weighted by molar-refractivity contribution is 7.89. The van der Waals surface area contributed by atoms with Crippen molar-refractivity contribution >= 4 is 21.4 Å². The molecule has 114 valence electrons. The molecular weight excluding hydrogens is 310 g/mol. The van der Waals surface area contributed by atoms with Crippen molar-refractivity contribution in [3.8, 4) is 5.75 Å². The van der Waals surface area contributed by atoms with Crippen molar-refractivity contribution in [3.63, 3.8) is 0 Å². The van der Waals surface area contributed by atoms with E-state index in [1.165, 1.54) is 24.5 Å². The molecule has 1 aromatic heterocycles. The largest absolute Gasteiger partial charge is 0.497 e. The van der Waals surface area contributed by atoms with Crippen LogP contribution in [0.1, 0.15) is 17.2 Å². The van der Waals surface area contributed by atoms with Crippen LogP contribution in [-0.2, 0) is 10.0 Å². The predicted octanol–water partition coefficient (Wildman–Crippen LogP) is 2.08. The van der Waals surface area contributed by atoms with Crippen LogP contribution >= 0.6 is 11.3 Å². The molecule has 0 spiro atoms. The van der Waals surface area contributed by atoms with Gasteiger partial charge in [-0.2, -0.15) is 11.3 Å². The SMILES string of the molecule is COc1ccc(S(=O)(=O)NC[C@@H](O)c2ccsc2)c(C)c1. The van der Waals surface area contributed by atoms with E-state index >= 15 is 0 Å². The van der Waals surface area contributed by atoms with Gasteiger partial charge in [0.05, 0.1) is 18.1 Å². The lowest BCUT2D eigenvalue weighted by Gasteiger charge is -2.13. The summed E-state index contributed by atoms with van der Waals surface area (Å²) in [6.45, 7) is 1.64. The quantitative estimate of drug-likeness (QED) is 0.852. The summed E-state index contributed by atoms with van der Waals surface area (Å²) < 4.78 is 32.0. The number of hydrogen-bond donors (Lipinski definition) is 2. The zero-order valence-electron chi connectivity index (χ0n) is 11.7. The number of benzene rings is 1. The summed E-state index contributed by atoms with van der Waals surface area (Å²) in [5.74, 6) is 0.602. The van der Waals surface area contributed by atoms with Crippen LogP contribution in [0.5, 0.6) is 5.75 Å². The molecule has 0 amide bonds. The predicted molar refractivity (Wildman–Crippen MR) is 82.2 cm³/mol. The molecule has 2 rings (SSSR count). The second-order valence-electron chi connectivity index (χ2n) is 4.56. The lowest BCUT2D eigenvalue weighted by Crippen LogP contribution is -2.28. The molecule has 0 aliphatic carbocycles.